The van der Waals surface area contributed by atoms with Crippen molar-refractivity contribution in [2.24, 2.45) is 11.7 Å². The van der Waals surface area contributed by atoms with E-state index in [0.717, 1.165) is 32.3 Å². The van der Waals surface area contributed by atoms with E-state index in [2.05, 4.69) is 0 Å². The minimum absolute atomic E-state index is 0.0481. The molecule has 0 aromatic heterocycles. The van der Waals surface area contributed by atoms with E-state index in [-0.39, 0.29) is 23.9 Å². The molecule has 0 aromatic carbocycles. The molecule has 1 unspecified atom stereocenters. The average molecular weight is 227 g/mol. The molecule has 0 aromatic rings. The van der Waals surface area contributed by atoms with Gasteiger partial charge in [-0.05, 0) is 32.1 Å². The van der Waals surface area contributed by atoms with Gasteiger partial charge in [-0.15, -0.1) is 0 Å². The number of rotatable bonds is 5. The minimum atomic E-state index is 0.0481. The van der Waals surface area contributed by atoms with Gasteiger partial charge >= 0.3 is 0 Å². The van der Waals surface area contributed by atoms with E-state index < -0.39 is 0 Å². The molecule has 0 amide bonds. The normalized spacial score (nSPS) is 27.7. The summed E-state index contributed by atoms with van der Waals surface area (Å²) in [6, 6.07) is 0. The Kier molecular flexibility index (Phi) is 3.95. The predicted octanol–water partition coefficient (Wildman–Crippen LogP) is 0.880. The van der Waals surface area contributed by atoms with E-state index in [1.54, 1.807) is 0 Å². The molecule has 0 radical (unpaired) electrons. The summed E-state index contributed by atoms with van der Waals surface area (Å²) in [4.78, 5) is 11.9. The molecule has 1 atom stereocenters. The second-order valence-corrected chi connectivity index (χ2v) is 4.88. The van der Waals surface area contributed by atoms with Crippen LogP contribution in [0.3, 0.4) is 0 Å². The molecule has 4 heteroatoms. The fraction of sp³-hybridized carbons (Fsp3) is 0.917. The van der Waals surface area contributed by atoms with Gasteiger partial charge in [0, 0.05) is 19.1 Å². The molecule has 2 rings (SSSR count). The summed E-state index contributed by atoms with van der Waals surface area (Å²) in [6.45, 7) is 1.90. The summed E-state index contributed by atoms with van der Waals surface area (Å²) < 4.78 is 11.0. The highest BCUT2D eigenvalue weighted by molar-refractivity contribution is 5.82. The van der Waals surface area contributed by atoms with Crippen LogP contribution in [0.25, 0.3) is 0 Å². The number of hydrogen-bond donors (Lipinski definition) is 1. The highest BCUT2D eigenvalue weighted by Crippen LogP contribution is 2.44. The van der Waals surface area contributed by atoms with E-state index in [9.17, 15) is 4.79 Å². The first-order valence-corrected chi connectivity index (χ1v) is 6.20. The van der Waals surface area contributed by atoms with Crippen molar-refractivity contribution in [3.63, 3.8) is 0 Å². The Balaban J connectivity index is 1.77. The van der Waals surface area contributed by atoms with Gasteiger partial charge in [-0.2, -0.15) is 0 Å². The van der Waals surface area contributed by atoms with Gasteiger partial charge in [-0.1, -0.05) is 0 Å². The fourth-order valence-corrected chi connectivity index (χ4v) is 2.60. The molecule has 2 fully saturated rings. The number of Topliss-reactive ketones (excluding diaryl/α,β-unsaturated/α-hetero) is 1. The zero-order chi connectivity index (χ0) is 11.4. The van der Waals surface area contributed by atoms with Gasteiger partial charge in [-0.3, -0.25) is 4.79 Å². The lowest BCUT2D eigenvalue weighted by molar-refractivity contribution is -0.157. The lowest BCUT2D eigenvalue weighted by Gasteiger charge is -2.46. The summed E-state index contributed by atoms with van der Waals surface area (Å²) in [5, 5.41) is 0. The van der Waals surface area contributed by atoms with Crippen LogP contribution in [0.1, 0.15) is 32.1 Å². The molecule has 1 saturated carbocycles. The van der Waals surface area contributed by atoms with Gasteiger partial charge in [0.25, 0.3) is 0 Å². The van der Waals surface area contributed by atoms with E-state index in [1.165, 1.54) is 6.42 Å². The largest absolute Gasteiger partial charge is 0.375 e. The first-order chi connectivity index (χ1) is 7.76. The molecule has 1 aliphatic carbocycles. The van der Waals surface area contributed by atoms with Crippen molar-refractivity contribution in [2.75, 3.05) is 26.4 Å². The van der Waals surface area contributed by atoms with Gasteiger partial charge in [0.2, 0.25) is 0 Å². The molecular weight excluding hydrogens is 206 g/mol. The number of ether oxygens (including phenoxy) is 2. The number of carbonyl (C=O) groups is 1. The van der Waals surface area contributed by atoms with Crippen LogP contribution >= 0.6 is 0 Å². The third kappa shape index (κ3) is 2.62. The van der Waals surface area contributed by atoms with Gasteiger partial charge in [0.15, 0.2) is 5.78 Å². The van der Waals surface area contributed by atoms with Crippen molar-refractivity contribution in [3.8, 4) is 0 Å². The van der Waals surface area contributed by atoms with Crippen LogP contribution in [0.15, 0.2) is 0 Å². The first kappa shape index (κ1) is 12.0. The summed E-state index contributed by atoms with van der Waals surface area (Å²) in [6.07, 6.45) is 5.25. The Morgan fingerprint density at radius 1 is 1.50 bits per heavy atom. The van der Waals surface area contributed by atoms with Crippen LogP contribution in [0.2, 0.25) is 0 Å². The Morgan fingerprint density at radius 2 is 2.31 bits per heavy atom. The maximum atomic E-state index is 11.9. The molecule has 1 aliphatic heterocycles. The molecule has 2 N–H and O–H groups in total. The first-order valence-electron chi connectivity index (χ1n) is 6.20. The fourth-order valence-electron chi connectivity index (χ4n) is 2.60. The highest BCUT2D eigenvalue weighted by Gasteiger charge is 2.44. The smallest absolute Gasteiger partial charge is 0.161 e. The zero-order valence-electron chi connectivity index (χ0n) is 9.74. The van der Waals surface area contributed by atoms with Crippen LogP contribution in [0.5, 0.6) is 0 Å². The maximum Gasteiger partial charge on any atom is 0.161 e. The van der Waals surface area contributed by atoms with Crippen molar-refractivity contribution >= 4 is 5.78 Å². The second kappa shape index (κ2) is 5.25. The van der Waals surface area contributed by atoms with E-state index in [1.807, 2.05) is 0 Å². The quantitative estimate of drug-likeness (QED) is 0.708. The third-order valence-corrected chi connectivity index (χ3v) is 3.72. The number of hydrogen-bond acceptors (Lipinski definition) is 4. The standard InChI is InChI=1S/C12H21NO3/c13-5-7-15-9-11(14)10-2-6-16-12(8-10)3-1-4-12/h10H,1-9,13H2. The van der Waals surface area contributed by atoms with Gasteiger partial charge < -0.3 is 15.2 Å². The molecule has 4 nitrogen and oxygen atoms in total. The predicted molar refractivity (Wildman–Crippen MR) is 60.1 cm³/mol. The zero-order valence-corrected chi connectivity index (χ0v) is 9.74. The Bertz CT molecular complexity index is 251. The number of nitrogens with two attached hydrogens (primary N) is 1. The number of carbonyl (C=O) groups excluding carboxylic acids is 1. The summed E-state index contributed by atoms with van der Waals surface area (Å²) in [5.41, 5.74) is 5.36. The summed E-state index contributed by atoms with van der Waals surface area (Å²) in [5.74, 6) is 0.370. The lowest BCUT2D eigenvalue weighted by atomic mass is 9.71. The second-order valence-electron chi connectivity index (χ2n) is 4.88. The maximum absolute atomic E-state index is 11.9. The summed E-state index contributed by atoms with van der Waals surface area (Å²) in [7, 11) is 0. The monoisotopic (exact) mass is 227 g/mol. The van der Waals surface area contributed by atoms with Crippen LogP contribution in [0, 0.1) is 5.92 Å². The summed E-state index contributed by atoms with van der Waals surface area (Å²) >= 11 is 0. The molecule has 1 heterocycles. The van der Waals surface area contributed by atoms with Gasteiger partial charge in [0.1, 0.15) is 6.61 Å². The van der Waals surface area contributed by atoms with Crippen LogP contribution in [-0.2, 0) is 14.3 Å². The molecular formula is C12H21NO3. The van der Waals surface area contributed by atoms with Gasteiger partial charge in [-0.25, -0.2) is 0 Å². The average Bonchev–Trinajstić information content (AvgIpc) is 2.27. The van der Waals surface area contributed by atoms with Crippen molar-refractivity contribution in [1.29, 1.82) is 0 Å². The Hall–Kier alpha value is -0.450. The third-order valence-electron chi connectivity index (χ3n) is 3.72. The van der Waals surface area contributed by atoms with Crippen molar-refractivity contribution in [3.05, 3.63) is 0 Å². The Labute approximate surface area is 96.5 Å². The molecule has 2 aliphatic rings. The lowest BCUT2D eigenvalue weighted by Crippen LogP contribution is -2.47. The van der Waals surface area contributed by atoms with Crippen molar-refractivity contribution < 1.29 is 14.3 Å². The van der Waals surface area contributed by atoms with Crippen LogP contribution in [0.4, 0.5) is 0 Å². The Morgan fingerprint density at radius 3 is 2.94 bits per heavy atom. The van der Waals surface area contributed by atoms with Gasteiger partial charge in [0.05, 0.1) is 12.2 Å². The van der Waals surface area contributed by atoms with Crippen LogP contribution in [-0.4, -0.2) is 37.7 Å². The topological polar surface area (TPSA) is 61.5 Å². The molecule has 92 valence electrons. The molecule has 1 saturated heterocycles. The molecule has 1 spiro atoms. The van der Waals surface area contributed by atoms with Crippen molar-refractivity contribution in [2.45, 2.75) is 37.7 Å². The van der Waals surface area contributed by atoms with E-state index >= 15 is 0 Å². The van der Waals surface area contributed by atoms with Crippen molar-refractivity contribution in [1.82, 2.24) is 0 Å². The van der Waals surface area contributed by atoms with Crippen LogP contribution < -0.4 is 5.73 Å². The minimum Gasteiger partial charge on any atom is -0.375 e. The molecule has 16 heavy (non-hydrogen) atoms. The SMILES string of the molecule is NCCOCC(=O)C1CCOC2(CCC2)C1. The molecule has 0 bridgehead atoms. The van der Waals surface area contributed by atoms with E-state index in [4.69, 9.17) is 15.2 Å². The van der Waals surface area contributed by atoms with E-state index in [0.29, 0.717) is 13.2 Å². The highest BCUT2D eigenvalue weighted by atomic mass is 16.5. The number of ketones is 1.